The highest BCUT2D eigenvalue weighted by Crippen LogP contribution is 2.07. The molecule has 5 heteroatoms. The van der Waals surface area contributed by atoms with Crippen molar-refractivity contribution in [3.8, 4) is 0 Å². The van der Waals surface area contributed by atoms with Crippen molar-refractivity contribution in [2.45, 2.75) is 25.3 Å². The van der Waals surface area contributed by atoms with E-state index in [2.05, 4.69) is 10.0 Å². The summed E-state index contributed by atoms with van der Waals surface area (Å²) in [6.07, 6.45) is 4.98. The Bertz CT molecular complexity index is 506. The molecule has 1 aromatic carbocycles. The van der Waals surface area contributed by atoms with Crippen molar-refractivity contribution in [2.75, 3.05) is 13.1 Å². The molecule has 1 saturated heterocycles. The van der Waals surface area contributed by atoms with Crippen molar-refractivity contribution in [2.24, 2.45) is 0 Å². The van der Waals surface area contributed by atoms with Crippen LogP contribution in [0, 0.1) is 0 Å². The number of piperidine rings is 1. The van der Waals surface area contributed by atoms with Gasteiger partial charge in [0.25, 0.3) is 0 Å². The van der Waals surface area contributed by atoms with Crippen molar-refractivity contribution in [3.63, 3.8) is 0 Å². The smallest absolute Gasteiger partial charge is 0.233 e. The van der Waals surface area contributed by atoms with Gasteiger partial charge in [-0.15, -0.1) is 0 Å². The standard InChI is InChI=1S/C14H20N2O2S/c17-19(18,11-9-13-6-2-1-3-7-13)16-12-14-8-4-5-10-15-14/h1-3,6-7,9,11,14-16H,4-5,8,10,12H2. The van der Waals surface area contributed by atoms with Crippen LogP contribution in [0.4, 0.5) is 0 Å². The summed E-state index contributed by atoms with van der Waals surface area (Å²) in [6, 6.07) is 9.66. The molecule has 0 aromatic heterocycles. The van der Waals surface area contributed by atoms with Gasteiger partial charge >= 0.3 is 0 Å². The van der Waals surface area contributed by atoms with E-state index in [1.165, 1.54) is 18.2 Å². The van der Waals surface area contributed by atoms with Gasteiger partial charge in [0.15, 0.2) is 0 Å². The van der Waals surface area contributed by atoms with Crippen molar-refractivity contribution >= 4 is 16.1 Å². The molecule has 0 saturated carbocycles. The highest BCUT2D eigenvalue weighted by molar-refractivity contribution is 7.92. The van der Waals surface area contributed by atoms with Crippen molar-refractivity contribution in [1.29, 1.82) is 0 Å². The van der Waals surface area contributed by atoms with E-state index in [4.69, 9.17) is 0 Å². The lowest BCUT2D eigenvalue weighted by atomic mass is 10.1. The summed E-state index contributed by atoms with van der Waals surface area (Å²) >= 11 is 0. The quantitative estimate of drug-likeness (QED) is 0.863. The number of rotatable bonds is 5. The fourth-order valence-corrected chi connectivity index (χ4v) is 2.96. The van der Waals surface area contributed by atoms with Gasteiger partial charge in [0, 0.05) is 18.0 Å². The molecular formula is C14H20N2O2S. The maximum atomic E-state index is 11.8. The zero-order valence-electron chi connectivity index (χ0n) is 10.9. The Morgan fingerprint density at radius 2 is 2.05 bits per heavy atom. The third-order valence-corrected chi connectivity index (χ3v) is 4.25. The first kappa shape index (κ1) is 14.2. The maximum Gasteiger partial charge on any atom is 0.233 e. The van der Waals surface area contributed by atoms with Crippen LogP contribution < -0.4 is 10.0 Å². The molecule has 1 atom stereocenters. The minimum atomic E-state index is -3.35. The summed E-state index contributed by atoms with van der Waals surface area (Å²) in [5.74, 6) is 0. The summed E-state index contributed by atoms with van der Waals surface area (Å²) in [6.45, 7) is 1.44. The van der Waals surface area contributed by atoms with Crippen LogP contribution in [0.1, 0.15) is 24.8 Å². The monoisotopic (exact) mass is 280 g/mol. The average molecular weight is 280 g/mol. The number of hydrogen-bond acceptors (Lipinski definition) is 3. The third-order valence-electron chi connectivity index (χ3n) is 3.18. The van der Waals surface area contributed by atoms with E-state index in [9.17, 15) is 8.42 Å². The minimum Gasteiger partial charge on any atom is -0.313 e. The average Bonchev–Trinajstić information content (AvgIpc) is 2.46. The van der Waals surface area contributed by atoms with E-state index >= 15 is 0 Å². The summed E-state index contributed by atoms with van der Waals surface area (Å²) in [4.78, 5) is 0. The van der Waals surface area contributed by atoms with E-state index in [-0.39, 0.29) is 6.04 Å². The number of nitrogens with one attached hydrogen (secondary N) is 2. The van der Waals surface area contributed by atoms with Crippen LogP contribution >= 0.6 is 0 Å². The van der Waals surface area contributed by atoms with Crippen LogP contribution in [-0.2, 0) is 10.0 Å². The number of hydrogen-bond donors (Lipinski definition) is 2. The minimum absolute atomic E-state index is 0.258. The third kappa shape index (κ3) is 5.14. The van der Waals surface area contributed by atoms with E-state index < -0.39 is 10.0 Å². The van der Waals surface area contributed by atoms with Gasteiger partial charge in [-0.05, 0) is 31.0 Å². The van der Waals surface area contributed by atoms with Crippen LogP contribution in [0.2, 0.25) is 0 Å². The SMILES string of the molecule is O=S(=O)(C=Cc1ccccc1)NCC1CCCCN1. The lowest BCUT2D eigenvalue weighted by Crippen LogP contribution is -2.42. The highest BCUT2D eigenvalue weighted by Gasteiger charge is 2.14. The van der Waals surface area contributed by atoms with Crippen molar-refractivity contribution in [1.82, 2.24) is 10.0 Å². The van der Waals surface area contributed by atoms with E-state index in [1.807, 2.05) is 30.3 Å². The Morgan fingerprint density at radius 3 is 2.74 bits per heavy atom. The molecule has 1 fully saturated rings. The lowest BCUT2D eigenvalue weighted by molar-refractivity contribution is 0.398. The van der Waals surface area contributed by atoms with Gasteiger partial charge in [-0.25, -0.2) is 13.1 Å². The normalized spacial score (nSPS) is 20.7. The molecule has 1 aliphatic heterocycles. The topological polar surface area (TPSA) is 58.2 Å². The molecule has 104 valence electrons. The highest BCUT2D eigenvalue weighted by atomic mass is 32.2. The summed E-state index contributed by atoms with van der Waals surface area (Å²) in [5.41, 5.74) is 0.878. The largest absolute Gasteiger partial charge is 0.313 e. The zero-order chi connectivity index (χ0) is 13.6. The van der Waals surface area contributed by atoms with Crippen LogP contribution in [0.5, 0.6) is 0 Å². The molecule has 0 amide bonds. The first-order valence-corrected chi connectivity index (χ1v) is 8.16. The van der Waals surface area contributed by atoms with Gasteiger partial charge in [-0.1, -0.05) is 36.8 Å². The van der Waals surface area contributed by atoms with Gasteiger partial charge in [-0.3, -0.25) is 0 Å². The predicted octanol–water partition coefficient (Wildman–Crippen LogP) is 1.72. The predicted molar refractivity (Wildman–Crippen MR) is 78.0 cm³/mol. The van der Waals surface area contributed by atoms with Gasteiger partial charge in [0.1, 0.15) is 0 Å². The second-order valence-corrected chi connectivity index (χ2v) is 6.40. The fourth-order valence-electron chi connectivity index (χ4n) is 2.10. The van der Waals surface area contributed by atoms with E-state index in [0.29, 0.717) is 6.54 Å². The second-order valence-electron chi connectivity index (χ2n) is 4.75. The molecule has 2 rings (SSSR count). The molecule has 0 radical (unpaired) electrons. The lowest BCUT2D eigenvalue weighted by Gasteiger charge is -2.23. The Balaban J connectivity index is 1.86. The van der Waals surface area contributed by atoms with Crippen LogP contribution in [-0.4, -0.2) is 27.5 Å². The Labute approximate surface area is 115 Å². The van der Waals surface area contributed by atoms with Crippen LogP contribution in [0.15, 0.2) is 35.7 Å². The van der Waals surface area contributed by atoms with Crippen LogP contribution in [0.25, 0.3) is 6.08 Å². The molecular weight excluding hydrogens is 260 g/mol. The molecule has 2 N–H and O–H groups in total. The number of benzene rings is 1. The maximum absolute atomic E-state index is 11.8. The summed E-state index contributed by atoms with van der Waals surface area (Å²) < 4.78 is 26.3. The number of sulfonamides is 1. The molecule has 19 heavy (non-hydrogen) atoms. The van der Waals surface area contributed by atoms with Crippen LogP contribution in [0.3, 0.4) is 0 Å². The van der Waals surface area contributed by atoms with Gasteiger partial charge in [-0.2, -0.15) is 0 Å². The van der Waals surface area contributed by atoms with Crippen molar-refractivity contribution in [3.05, 3.63) is 41.3 Å². The summed E-state index contributed by atoms with van der Waals surface area (Å²) in [5, 5.41) is 4.54. The first-order chi connectivity index (χ1) is 9.16. The molecule has 1 aliphatic rings. The van der Waals surface area contributed by atoms with Crippen molar-refractivity contribution < 1.29 is 8.42 Å². The van der Waals surface area contributed by atoms with Gasteiger partial charge in [0.05, 0.1) is 0 Å². The molecule has 0 aliphatic carbocycles. The molecule has 0 spiro atoms. The fraction of sp³-hybridized carbons (Fsp3) is 0.429. The Kier molecular flexibility index (Phi) is 5.13. The van der Waals surface area contributed by atoms with E-state index in [0.717, 1.165) is 18.5 Å². The second kappa shape index (κ2) is 6.84. The van der Waals surface area contributed by atoms with Gasteiger partial charge < -0.3 is 5.32 Å². The molecule has 0 bridgehead atoms. The summed E-state index contributed by atoms with van der Waals surface area (Å²) in [7, 11) is -3.35. The molecule has 1 aromatic rings. The Hall–Kier alpha value is -1.17. The molecule has 1 unspecified atom stereocenters. The van der Waals surface area contributed by atoms with Gasteiger partial charge in [0.2, 0.25) is 10.0 Å². The first-order valence-electron chi connectivity index (χ1n) is 6.62. The Morgan fingerprint density at radius 1 is 1.26 bits per heavy atom. The molecule has 1 heterocycles. The zero-order valence-corrected chi connectivity index (χ0v) is 11.7. The molecule has 4 nitrogen and oxygen atoms in total. The van der Waals surface area contributed by atoms with E-state index in [1.54, 1.807) is 6.08 Å².